The lowest BCUT2D eigenvalue weighted by molar-refractivity contribution is -0.138. The number of nitrogens with zero attached hydrogens (tertiary/aromatic N) is 3. The number of anilines is 2. The molecule has 2 heterocycles. The molecule has 2 aliphatic rings. The van der Waals surface area contributed by atoms with Gasteiger partial charge in [-0.15, -0.1) is 0 Å². The van der Waals surface area contributed by atoms with E-state index in [2.05, 4.69) is 32.5 Å². The lowest BCUT2D eigenvalue weighted by atomic mass is 9.89. The van der Waals surface area contributed by atoms with Crippen LogP contribution in [-0.4, -0.2) is 52.7 Å². The molecule has 2 fully saturated rings. The van der Waals surface area contributed by atoms with E-state index in [0.29, 0.717) is 36.4 Å². The van der Waals surface area contributed by atoms with E-state index in [1.165, 1.54) is 0 Å². The molecule has 4 rings (SSSR count). The molecule has 1 aliphatic carbocycles. The van der Waals surface area contributed by atoms with Gasteiger partial charge < -0.3 is 15.5 Å². The van der Waals surface area contributed by atoms with Crippen molar-refractivity contribution in [3.05, 3.63) is 47.3 Å². The zero-order valence-electron chi connectivity index (χ0n) is 22.9. The molecule has 3 atom stereocenters. The monoisotopic (exact) mass is 545 g/mol. The van der Waals surface area contributed by atoms with E-state index in [1.54, 1.807) is 24.3 Å². The Balaban J connectivity index is 1.43. The van der Waals surface area contributed by atoms with Gasteiger partial charge in [0.05, 0.1) is 11.3 Å². The molecule has 39 heavy (non-hydrogen) atoms. The van der Waals surface area contributed by atoms with E-state index >= 15 is 0 Å². The molecule has 1 aromatic carbocycles. The number of hydrogen-bond donors (Lipinski definition) is 2. The average molecular weight is 546 g/mol. The number of hydrogen-bond acceptors (Lipinski definition) is 6. The molecule has 0 spiro atoms. The van der Waals surface area contributed by atoms with Gasteiger partial charge in [-0.2, -0.15) is 13.2 Å². The summed E-state index contributed by atoms with van der Waals surface area (Å²) in [5.74, 6) is 0.0103. The van der Waals surface area contributed by atoms with E-state index < -0.39 is 11.7 Å². The van der Waals surface area contributed by atoms with Gasteiger partial charge in [-0.3, -0.25) is 9.59 Å². The average Bonchev–Trinajstić information content (AvgIpc) is 3.50. The summed E-state index contributed by atoms with van der Waals surface area (Å²) in [4.78, 5) is 35.7. The van der Waals surface area contributed by atoms with Crippen LogP contribution in [0.15, 0.2) is 30.5 Å². The first kappa shape index (κ1) is 29.0. The first-order chi connectivity index (χ1) is 18.5. The Morgan fingerprint density at radius 2 is 1.87 bits per heavy atom. The smallest absolute Gasteiger partial charge is 0.354 e. The van der Waals surface area contributed by atoms with Crippen LogP contribution < -0.4 is 10.6 Å². The molecule has 0 radical (unpaired) electrons. The summed E-state index contributed by atoms with van der Waals surface area (Å²) >= 11 is 0. The van der Waals surface area contributed by atoms with Crippen LogP contribution in [0.25, 0.3) is 0 Å². The van der Waals surface area contributed by atoms with Crippen molar-refractivity contribution < 1.29 is 22.8 Å². The van der Waals surface area contributed by atoms with E-state index in [4.69, 9.17) is 0 Å². The van der Waals surface area contributed by atoms with Crippen LogP contribution in [0.5, 0.6) is 0 Å². The SMILES string of the molecule is CC(C)NC(=O)[C@H]1CCC[C@H]1Cc1nc(Nc2ccc(C(=O)CCC3CCN(C)C3)cc2)ncc1C(F)(F)F. The molecule has 1 aliphatic heterocycles. The Bertz CT molecular complexity index is 1150. The van der Waals surface area contributed by atoms with Gasteiger partial charge in [-0.1, -0.05) is 6.42 Å². The maximum atomic E-state index is 13.8. The zero-order chi connectivity index (χ0) is 28.2. The number of carbonyl (C=O) groups is 2. The third-order valence-corrected chi connectivity index (χ3v) is 7.79. The van der Waals surface area contributed by atoms with Crippen LogP contribution in [0.3, 0.4) is 0 Å². The van der Waals surface area contributed by atoms with E-state index in [1.807, 2.05) is 13.8 Å². The van der Waals surface area contributed by atoms with Crippen molar-refractivity contribution in [2.75, 3.05) is 25.5 Å². The highest BCUT2D eigenvalue weighted by molar-refractivity contribution is 5.96. The van der Waals surface area contributed by atoms with Crippen LogP contribution >= 0.6 is 0 Å². The third kappa shape index (κ3) is 7.77. The molecule has 2 N–H and O–H groups in total. The second-order valence-electron chi connectivity index (χ2n) is 11.3. The fourth-order valence-corrected chi connectivity index (χ4v) is 5.75. The van der Waals surface area contributed by atoms with Crippen LogP contribution in [-0.2, 0) is 17.4 Å². The van der Waals surface area contributed by atoms with Crippen LogP contribution in [0.2, 0.25) is 0 Å². The van der Waals surface area contributed by atoms with Gasteiger partial charge in [-0.25, -0.2) is 9.97 Å². The van der Waals surface area contributed by atoms with Crippen molar-refractivity contribution in [2.24, 2.45) is 17.8 Å². The van der Waals surface area contributed by atoms with Gasteiger partial charge in [0.2, 0.25) is 11.9 Å². The summed E-state index contributed by atoms with van der Waals surface area (Å²) in [5.41, 5.74) is 0.188. The van der Waals surface area contributed by atoms with Crippen molar-refractivity contribution in [1.82, 2.24) is 20.2 Å². The second kappa shape index (κ2) is 12.4. The van der Waals surface area contributed by atoms with Gasteiger partial charge in [0, 0.05) is 42.4 Å². The van der Waals surface area contributed by atoms with Crippen molar-refractivity contribution in [3.8, 4) is 0 Å². The predicted molar refractivity (Wildman–Crippen MR) is 144 cm³/mol. The standard InChI is InChI=1S/C29H38F3N5O2/c1-18(2)34-27(39)23-6-4-5-21(23)15-25-24(29(30,31)32)16-33-28(36-25)35-22-10-8-20(9-11-22)26(38)12-7-19-13-14-37(3)17-19/h8-11,16,18-19,21,23H,4-7,12-15,17H2,1-3H3,(H,34,39)(H,33,35,36)/t19?,21-,23-/m0/s1. The maximum Gasteiger partial charge on any atom is 0.419 e. The lowest BCUT2D eigenvalue weighted by Crippen LogP contribution is -2.37. The second-order valence-corrected chi connectivity index (χ2v) is 11.3. The van der Waals surface area contributed by atoms with Gasteiger partial charge in [0.1, 0.15) is 0 Å². The first-order valence-electron chi connectivity index (χ1n) is 13.8. The predicted octanol–water partition coefficient (Wildman–Crippen LogP) is 5.64. The number of halogens is 3. The summed E-state index contributed by atoms with van der Waals surface area (Å²) in [6.07, 6.45) is 0.859. The van der Waals surface area contributed by atoms with Gasteiger partial charge >= 0.3 is 6.18 Å². The Morgan fingerprint density at radius 1 is 1.13 bits per heavy atom. The highest BCUT2D eigenvalue weighted by Gasteiger charge is 2.39. The number of Topliss-reactive ketones (excluding diaryl/α,β-unsaturated/α-hetero) is 1. The molecule has 212 valence electrons. The highest BCUT2D eigenvalue weighted by atomic mass is 19.4. The maximum absolute atomic E-state index is 13.8. The summed E-state index contributed by atoms with van der Waals surface area (Å²) in [5, 5.41) is 5.86. The first-order valence-corrected chi connectivity index (χ1v) is 13.8. The highest BCUT2D eigenvalue weighted by Crippen LogP contribution is 2.38. The van der Waals surface area contributed by atoms with E-state index in [9.17, 15) is 22.8 Å². The molecule has 1 saturated heterocycles. The van der Waals surface area contributed by atoms with E-state index in [-0.39, 0.29) is 47.6 Å². The normalized spacial score (nSPS) is 21.9. The molecule has 1 saturated carbocycles. The number of ketones is 1. The summed E-state index contributed by atoms with van der Waals surface area (Å²) < 4.78 is 41.4. The van der Waals surface area contributed by atoms with Crippen molar-refractivity contribution >= 4 is 23.3 Å². The summed E-state index contributed by atoms with van der Waals surface area (Å²) in [6, 6.07) is 6.82. The van der Waals surface area contributed by atoms with Gasteiger partial charge in [0.15, 0.2) is 5.78 Å². The van der Waals surface area contributed by atoms with Gasteiger partial charge in [-0.05, 0) is 95.6 Å². The fourth-order valence-electron chi connectivity index (χ4n) is 5.75. The number of nitrogens with one attached hydrogen (secondary N) is 2. The Labute approximate surface area is 228 Å². The van der Waals surface area contributed by atoms with Crippen LogP contribution in [0, 0.1) is 17.8 Å². The van der Waals surface area contributed by atoms with Gasteiger partial charge in [0.25, 0.3) is 0 Å². The molecular weight excluding hydrogens is 507 g/mol. The molecule has 1 unspecified atom stereocenters. The Hall–Kier alpha value is -3.01. The van der Waals surface area contributed by atoms with E-state index in [0.717, 1.165) is 38.5 Å². The number of aromatic nitrogens is 2. The lowest BCUT2D eigenvalue weighted by Gasteiger charge is -2.22. The molecule has 1 aromatic heterocycles. The quantitative estimate of drug-likeness (QED) is 0.376. The number of amides is 1. The minimum atomic E-state index is -4.60. The molecular formula is C29H38F3N5O2. The molecule has 2 aromatic rings. The minimum absolute atomic E-state index is 0.0321. The molecule has 7 nitrogen and oxygen atoms in total. The summed E-state index contributed by atoms with van der Waals surface area (Å²) in [7, 11) is 2.09. The molecule has 0 bridgehead atoms. The Morgan fingerprint density at radius 3 is 2.51 bits per heavy atom. The third-order valence-electron chi connectivity index (χ3n) is 7.79. The fraction of sp³-hybridized carbons (Fsp3) is 0.586. The molecule has 1 amide bonds. The van der Waals surface area contributed by atoms with Crippen LogP contribution in [0.1, 0.15) is 74.0 Å². The van der Waals surface area contributed by atoms with Crippen molar-refractivity contribution in [1.29, 1.82) is 0 Å². The van der Waals surface area contributed by atoms with Crippen molar-refractivity contribution in [3.63, 3.8) is 0 Å². The van der Waals surface area contributed by atoms with Crippen LogP contribution in [0.4, 0.5) is 24.8 Å². The topological polar surface area (TPSA) is 87.2 Å². The Kier molecular flexibility index (Phi) is 9.25. The number of benzene rings is 1. The minimum Gasteiger partial charge on any atom is -0.354 e. The summed E-state index contributed by atoms with van der Waals surface area (Å²) in [6.45, 7) is 5.83. The number of likely N-dealkylation sites (tertiary alicyclic amines) is 1. The van der Waals surface area contributed by atoms with Crippen molar-refractivity contribution in [2.45, 2.75) is 71.0 Å². The number of rotatable bonds is 10. The number of carbonyl (C=O) groups excluding carboxylic acids is 2. The zero-order valence-corrected chi connectivity index (χ0v) is 22.9. The molecule has 10 heteroatoms. The number of alkyl halides is 3. The largest absolute Gasteiger partial charge is 0.419 e.